The highest BCUT2D eigenvalue weighted by Crippen LogP contribution is 2.19. The lowest BCUT2D eigenvalue weighted by molar-refractivity contribution is -0.121. The van der Waals surface area contributed by atoms with Crippen molar-refractivity contribution in [2.75, 3.05) is 0 Å². The fraction of sp³-hybridized carbons (Fsp3) is 0.300. The number of aryl methyl sites for hydroxylation is 1. The number of carbonyl (C=O) groups excluding carboxylic acids is 1. The number of pyridine rings is 1. The molecule has 0 unspecified atom stereocenters. The summed E-state index contributed by atoms with van der Waals surface area (Å²) < 4.78 is 1.61. The number of nitrogens with zero attached hydrogens (tertiary/aromatic N) is 4. The summed E-state index contributed by atoms with van der Waals surface area (Å²) in [5.41, 5.74) is 3.64. The van der Waals surface area contributed by atoms with Crippen molar-refractivity contribution in [1.82, 2.24) is 25.3 Å². The number of benzene rings is 1. The fourth-order valence-corrected chi connectivity index (χ4v) is 2.76. The Labute approximate surface area is 153 Å². The Hall–Kier alpha value is -3.02. The zero-order chi connectivity index (χ0) is 18.5. The molecule has 0 saturated carbocycles. The van der Waals surface area contributed by atoms with Gasteiger partial charge in [0.2, 0.25) is 5.91 Å². The second-order valence-corrected chi connectivity index (χ2v) is 6.65. The third kappa shape index (κ3) is 4.33. The predicted molar refractivity (Wildman–Crippen MR) is 99.5 cm³/mol. The summed E-state index contributed by atoms with van der Waals surface area (Å²) in [6.45, 7) is 4.31. The number of hydrogen-bond donors (Lipinski definition) is 1. The zero-order valence-electron chi connectivity index (χ0n) is 15.3. The molecule has 1 atom stereocenters. The molecule has 0 aliphatic rings. The van der Waals surface area contributed by atoms with Gasteiger partial charge >= 0.3 is 0 Å². The first-order valence-electron chi connectivity index (χ1n) is 8.68. The van der Waals surface area contributed by atoms with Gasteiger partial charge in [-0.3, -0.25) is 14.5 Å². The first-order chi connectivity index (χ1) is 12.5. The Kier molecular flexibility index (Phi) is 5.41. The van der Waals surface area contributed by atoms with Crippen LogP contribution in [0.3, 0.4) is 0 Å². The molecule has 0 saturated heterocycles. The fourth-order valence-electron chi connectivity index (χ4n) is 2.76. The minimum Gasteiger partial charge on any atom is -0.342 e. The lowest BCUT2D eigenvalue weighted by Crippen LogP contribution is -2.31. The molecule has 1 N–H and O–H groups in total. The molecule has 0 fully saturated rings. The van der Waals surface area contributed by atoms with Crippen LogP contribution in [0.25, 0.3) is 0 Å². The molecule has 26 heavy (non-hydrogen) atoms. The van der Waals surface area contributed by atoms with E-state index in [9.17, 15) is 4.79 Å². The summed E-state index contributed by atoms with van der Waals surface area (Å²) in [7, 11) is 1.80. The van der Waals surface area contributed by atoms with Gasteiger partial charge in [0, 0.05) is 13.2 Å². The molecule has 0 radical (unpaired) electrons. The van der Waals surface area contributed by atoms with Crippen molar-refractivity contribution in [3.8, 4) is 0 Å². The molecule has 1 amide bonds. The molecular weight excluding hydrogens is 326 g/mol. The van der Waals surface area contributed by atoms with Crippen LogP contribution in [0, 0.1) is 0 Å². The smallest absolute Gasteiger partial charge is 0.225 e. The SMILES string of the molecule is CC(C)c1ccc(CC(=O)N[C@H](c2ccccn2)c2cn(C)nn2)cc1. The molecule has 0 bridgehead atoms. The van der Waals surface area contributed by atoms with Crippen molar-refractivity contribution in [2.24, 2.45) is 7.05 Å². The van der Waals surface area contributed by atoms with Crippen LogP contribution in [0.2, 0.25) is 0 Å². The van der Waals surface area contributed by atoms with Crippen molar-refractivity contribution >= 4 is 5.91 Å². The molecule has 6 nitrogen and oxygen atoms in total. The number of nitrogens with one attached hydrogen (secondary N) is 1. The number of rotatable bonds is 6. The van der Waals surface area contributed by atoms with Crippen LogP contribution in [0.4, 0.5) is 0 Å². The number of amides is 1. The molecule has 2 aromatic heterocycles. The van der Waals surface area contributed by atoms with E-state index in [1.54, 1.807) is 24.1 Å². The Bertz CT molecular complexity index is 855. The van der Waals surface area contributed by atoms with E-state index in [-0.39, 0.29) is 5.91 Å². The van der Waals surface area contributed by atoms with Crippen LogP contribution in [0.5, 0.6) is 0 Å². The predicted octanol–water partition coefficient (Wildman–Crippen LogP) is 2.78. The van der Waals surface area contributed by atoms with E-state index < -0.39 is 6.04 Å². The van der Waals surface area contributed by atoms with Crippen LogP contribution in [-0.4, -0.2) is 25.9 Å². The number of hydrogen-bond acceptors (Lipinski definition) is 4. The molecule has 134 valence electrons. The summed E-state index contributed by atoms with van der Waals surface area (Å²) in [4.78, 5) is 17.0. The van der Waals surface area contributed by atoms with Crippen LogP contribution in [0.15, 0.2) is 54.9 Å². The average molecular weight is 349 g/mol. The van der Waals surface area contributed by atoms with E-state index in [1.807, 2.05) is 30.3 Å². The van der Waals surface area contributed by atoms with Gasteiger partial charge in [-0.15, -0.1) is 5.10 Å². The summed E-state index contributed by atoms with van der Waals surface area (Å²) >= 11 is 0. The van der Waals surface area contributed by atoms with E-state index >= 15 is 0 Å². The third-order valence-electron chi connectivity index (χ3n) is 4.22. The van der Waals surface area contributed by atoms with Crippen molar-refractivity contribution in [3.63, 3.8) is 0 Å². The second kappa shape index (κ2) is 7.91. The normalized spacial score (nSPS) is 12.2. The topological polar surface area (TPSA) is 72.7 Å². The minimum atomic E-state index is -0.424. The van der Waals surface area contributed by atoms with Gasteiger partial charge in [0.25, 0.3) is 0 Å². The molecule has 3 rings (SSSR count). The van der Waals surface area contributed by atoms with Gasteiger partial charge in [-0.1, -0.05) is 49.4 Å². The number of aromatic nitrogens is 4. The lowest BCUT2D eigenvalue weighted by Gasteiger charge is -2.16. The van der Waals surface area contributed by atoms with Gasteiger partial charge in [-0.25, -0.2) is 0 Å². The Morgan fingerprint density at radius 3 is 2.46 bits per heavy atom. The first-order valence-corrected chi connectivity index (χ1v) is 8.68. The highest BCUT2D eigenvalue weighted by atomic mass is 16.1. The minimum absolute atomic E-state index is 0.0800. The quantitative estimate of drug-likeness (QED) is 0.743. The van der Waals surface area contributed by atoms with E-state index in [0.29, 0.717) is 18.0 Å². The van der Waals surface area contributed by atoms with Crippen molar-refractivity contribution in [3.05, 3.63) is 77.4 Å². The Morgan fingerprint density at radius 2 is 1.88 bits per heavy atom. The summed E-state index contributed by atoms with van der Waals surface area (Å²) in [6.07, 6.45) is 3.80. The van der Waals surface area contributed by atoms with Gasteiger partial charge in [-0.2, -0.15) is 0 Å². The highest BCUT2D eigenvalue weighted by Gasteiger charge is 2.21. The molecule has 0 spiro atoms. The maximum atomic E-state index is 12.6. The summed E-state index contributed by atoms with van der Waals surface area (Å²) in [6, 6.07) is 13.3. The summed E-state index contributed by atoms with van der Waals surface area (Å²) in [5.74, 6) is 0.395. The van der Waals surface area contributed by atoms with Crippen molar-refractivity contribution in [1.29, 1.82) is 0 Å². The van der Waals surface area contributed by atoms with Gasteiger partial charge in [0.15, 0.2) is 0 Å². The van der Waals surface area contributed by atoms with Crippen LogP contribution in [-0.2, 0) is 18.3 Å². The highest BCUT2D eigenvalue weighted by molar-refractivity contribution is 5.79. The van der Waals surface area contributed by atoms with Crippen LogP contribution in [0.1, 0.15) is 48.3 Å². The maximum Gasteiger partial charge on any atom is 0.225 e. The van der Waals surface area contributed by atoms with Crippen LogP contribution < -0.4 is 5.32 Å². The zero-order valence-corrected chi connectivity index (χ0v) is 15.3. The lowest BCUT2D eigenvalue weighted by atomic mass is 10.0. The molecule has 0 aliphatic carbocycles. The monoisotopic (exact) mass is 349 g/mol. The maximum absolute atomic E-state index is 12.6. The standard InChI is InChI=1S/C20H23N5O/c1-14(2)16-9-7-15(8-10-16)12-19(26)22-20(17-6-4-5-11-21-17)18-13-25(3)24-23-18/h4-11,13-14,20H,12H2,1-3H3,(H,22,26)/t20-/m1/s1. The van der Waals surface area contributed by atoms with E-state index in [1.165, 1.54) is 5.56 Å². The third-order valence-corrected chi connectivity index (χ3v) is 4.22. The molecular formula is C20H23N5O. The Balaban J connectivity index is 1.75. The van der Waals surface area contributed by atoms with Gasteiger partial charge in [0.1, 0.15) is 11.7 Å². The first kappa shape index (κ1) is 17.8. The molecule has 6 heteroatoms. The Morgan fingerprint density at radius 1 is 1.12 bits per heavy atom. The van der Waals surface area contributed by atoms with E-state index in [2.05, 4.69) is 46.6 Å². The van der Waals surface area contributed by atoms with Crippen LogP contribution >= 0.6 is 0 Å². The van der Waals surface area contributed by atoms with E-state index in [0.717, 1.165) is 11.3 Å². The number of carbonyl (C=O) groups is 1. The van der Waals surface area contributed by atoms with E-state index in [4.69, 9.17) is 0 Å². The molecule has 2 heterocycles. The molecule has 0 aliphatic heterocycles. The summed E-state index contributed by atoms with van der Waals surface area (Å²) in [5, 5.41) is 11.1. The largest absolute Gasteiger partial charge is 0.342 e. The van der Waals surface area contributed by atoms with Gasteiger partial charge in [0.05, 0.1) is 18.3 Å². The molecule has 3 aromatic rings. The van der Waals surface area contributed by atoms with Crippen molar-refractivity contribution in [2.45, 2.75) is 32.2 Å². The van der Waals surface area contributed by atoms with Gasteiger partial charge in [-0.05, 0) is 29.2 Å². The second-order valence-electron chi connectivity index (χ2n) is 6.65. The molecule has 1 aromatic carbocycles. The van der Waals surface area contributed by atoms with Gasteiger partial charge < -0.3 is 5.32 Å². The average Bonchev–Trinajstić information content (AvgIpc) is 3.07. The van der Waals surface area contributed by atoms with Crippen molar-refractivity contribution < 1.29 is 4.79 Å².